The minimum atomic E-state index is -4.52. The Balaban J connectivity index is 2.83. The Morgan fingerprint density at radius 2 is 1.76 bits per heavy atom. The summed E-state index contributed by atoms with van der Waals surface area (Å²) in [6.07, 6.45) is -4.52. The normalized spacial score (nSPS) is 12.3. The van der Waals surface area contributed by atoms with E-state index in [2.05, 4.69) is 11.6 Å². The molecule has 0 saturated heterocycles. The molecule has 2 N–H and O–H groups in total. The molecular formula is C19H20F4N2. The molecule has 0 aliphatic carbocycles. The van der Waals surface area contributed by atoms with Crippen LogP contribution >= 0.6 is 0 Å². The van der Waals surface area contributed by atoms with Crippen molar-refractivity contribution in [1.82, 2.24) is 4.98 Å². The quantitative estimate of drug-likeness (QED) is 0.692. The predicted molar refractivity (Wildman–Crippen MR) is 92.5 cm³/mol. The molecule has 2 aromatic rings. The van der Waals surface area contributed by atoms with Gasteiger partial charge in [0, 0.05) is 16.5 Å². The molecule has 0 fully saturated rings. The summed E-state index contributed by atoms with van der Waals surface area (Å²) in [7, 11) is 0. The van der Waals surface area contributed by atoms with Crippen molar-refractivity contribution >= 4 is 11.3 Å². The van der Waals surface area contributed by atoms with Crippen LogP contribution in [-0.4, -0.2) is 4.98 Å². The molecule has 0 radical (unpaired) electrons. The third-order valence-electron chi connectivity index (χ3n) is 3.78. The molecule has 0 aliphatic heterocycles. The average Bonchev–Trinajstić information content (AvgIpc) is 2.45. The van der Waals surface area contributed by atoms with Crippen LogP contribution in [0.2, 0.25) is 0 Å². The zero-order valence-corrected chi connectivity index (χ0v) is 14.6. The summed E-state index contributed by atoms with van der Waals surface area (Å²) >= 11 is 0. The van der Waals surface area contributed by atoms with Crippen LogP contribution in [0.25, 0.3) is 16.8 Å². The van der Waals surface area contributed by atoms with E-state index in [1.54, 1.807) is 6.92 Å². The van der Waals surface area contributed by atoms with Crippen molar-refractivity contribution < 1.29 is 17.6 Å². The first-order chi connectivity index (χ1) is 11.3. The first-order valence-electron chi connectivity index (χ1n) is 7.67. The van der Waals surface area contributed by atoms with Crippen LogP contribution in [0.3, 0.4) is 0 Å². The number of rotatable bonds is 2. The van der Waals surface area contributed by atoms with E-state index >= 15 is 0 Å². The van der Waals surface area contributed by atoms with Crippen LogP contribution in [-0.2, 0) is 11.6 Å². The van der Waals surface area contributed by atoms with E-state index in [1.807, 2.05) is 20.8 Å². The van der Waals surface area contributed by atoms with E-state index < -0.39 is 23.0 Å². The Morgan fingerprint density at radius 1 is 1.16 bits per heavy atom. The fourth-order valence-electron chi connectivity index (χ4n) is 2.60. The van der Waals surface area contributed by atoms with E-state index in [0.717, 1.165) is 12.1 Å². The zero-order chi connectivity index (χ0) is 19.2. The Hall–Kier alpha value is -2.37. The monoisotopic (exact) mass is 352 g/mol. The van der Waals surface area contributed by atoms with Crippen molar-refractivity contribution in [3.63, 3.8) is 0 Å². The lowest BCUT2D eigenvalue weighted by molar-refractivity contribution is -0.137. The highest BCUT2D eigenvalue weighted by atomic mass is 19.4. The molecule has 25 heavy (non-hydrogen) atoms. The molecule has 1 heterocycles. The molecule has 0 aliphatic rings. The summed E-state index contributed by atoms with van der Waals surface area (Å²) in [5, 5.41) is 0. The molecule has 0 atom stereocenters. The number of halogens is 4. The molecule has 0 bridgehead atoms. The number of nitrogens with two attached hydrogens (primary N) is 1. The van der Waals surface area contributed by atoms with Gasteiger partial charge >= 0.3 is 6.18 Å². The lowest BCUT2D eigenvalue weighted by Gasteiger charge is -2.24. The first-order valence-corrected chi connectivity index (χ1v) is 7.67. The van der Waals surface area contributed by atoms with Gasteiger partial charge in [-0.05, 0) is 24.6 Å². The first kappa shape index (κ1) is 19.0. The van der Waals surface area contributed by atoms with E-state index in [1.165, 1.54) is 12.1 Å². The van der Waals surface area contributed by atoms with Crippen LogP contribution in [0.5, 0.6) is 0 Å². The molecule has 6 heteroatoms. The highest BCUT2D eigenvalue weighted by Gasteiger charge is 2.32. The second-order valence-electron chi connectivity index (χ2n) is 7.02. The third-order valence-corrected chi connectivity index (χ3v) is 3.78. The largest absolute Gasteiger partial charge is 0.416 e. The van der Waals surface area contributed by atoms with Gasteiger partial charge in [-0.2, -0.15) is 13.2 Å². The minimum absolute atomic E-state index is 0.0420. The number of nitrogen functional groups attached to an aromatic ring is 1. The number of aromatic nitrogens is 1. The SMILES string of the molecule is C=C(C)c1c(N)c(C(C)(C)C)nc(-c2cccc(C(F)(F)F)c2)c1F. The molecule has 0 spiro atoms. The lowest BCUT2D eigenvalue weighted by atomic mass is 9.87. The summed E-state index contributed by atoms with van der Waals surface area (Å²) in [6.45, 7) is 10.9. The summed E-state index contributed by atoms with van der Waals surface area (Å²) in [5.41, 5.74) is 5.62. The van der Waals surface area contributed by atoms with E-state index in [9.17, 15) is 17.6 Å². The Labute approximate surface area is 144 Å². The topological polar surface area (TPSA) is 38.9 Å². The highest BCUT2D eigenvalue weighted by molar-refractivity contribution is 5.79. The highest BCUT2D eigenvalue weighted by Crippen LogP contribution is 2.38. The fraction of sp³-hybridized carbons (Fsp3) is 0.316. The van der Waals surface area contributed by atoms with Gasteiger partial charge in [0.15, 0.2) is 5.82 Å². The molecule has 2 nitrogen and oxygen atoms in total. The Kier molecular flexibility index (Phi) is 4.68. The van der Waals surface area contributed by atoms with Crippen LogP contribution in [0, 0.1) is 5.82 Å². The Bertz CT molecular complexity index is 831. The number of benzene rings is 1. The van der Waals surface area contributed by atoms with Gasteiger partial charge in [-0.3, -0.25) is 0 Å². The molecule has 2 rings (SSSR count). The van der Waals surface area contributed by atoms with Crippen molar-refractivity contribution in [2.75, 3.05) is 5.73 Å². The van der Waals surface area contributed by atoms with Crippen molar-refractivity contribution in [3.8, 4) is 11.3 Å². The van der Waals surface area contributed by atoms with E-state index in [4.69, 9.17) is 5.73 Å². The number of hydrogen-bond donors (Lipinski definition) is 1. The molecule has 0 unspecified atom stereocenters. The van der Waals surface area contributed by atoms with Gasteiger partial charge in [-0.25, -0.2) is 9.37 Å². The number of allylic oxidation sites excluding steroid dienone is 1. The zero-order valence-electron chi connectivity index (χ0n) is 14.6. The number of pyridine rings is 1. The number of anilines is 1. The molecule has 1 aromatic carbocycles. The van der Waals surface area contributed by atoms with Gasteiger partial charge in [-0.15, -0.1) is 0 Å². The summed E-state index contributed by atoms with van der Waals surface area (Å²) < 4.78 is 53.9. The number of hydrogen-bond acceptors (Lipinski definition) is 2. The second-order valence-corrected chi connectivity index (χ2v) is 7.02. The van der Waals surface area contributed by atoms with Gasteiger partial charge in [0.25, 0.3) is 0 Å². The number of alkyl halides is 3. The van der Waals surface area contributed by atoms with Gasteiger partial charge in [-0.1, -0.05) is 39.5 Å². The molecular weight excluding hydrogens is 332 g/mol. The third kappa shape index (κ3) is 3.67. The molecule has 134 valence electrons. The van der Waals surface area contributed by atoms with E-state index in [0.29, 0.717) is 11.3 Å². The van der Waals surface area contributed by atoms with Crippen LogP contribution in [0.4, 0.5) is 23.2 Å². The van der Waals surface area contributed by atoms with Crippen molar-refractivity contribution in [2.24, 2.45) is 0 Å². The summed E-state index contributed by atoms with van der Waals surface area (Å²) in [5.74, 6) is -0.766. The number of nitrogens with zero attached hydrogens (tertiary/aromatic N) is 1. The molecule has 1 aromatic heterocycles. The van der Waals surface area contributed by atoms with Crippen LogP contribution in [0.1, 0.15) is 44.5 Å². The Morgan fingerprint density at radius 3 is 2.24 bits per heavy atom. The van der Waals surface area contributed by atoms with Gasteiger partial charge < -0.3 is 5.73 Å². The molecule has 0 amide bonds. The smallest absolute Gasteiger partial charge is 0.397 e. The van der Waals surface area contributed by atoms with Gasteiger partial charge in [0.1, 0.15) is 5.69 Å². The maximum atomic E-state index is 15.0. The minimum Gasteiger partial charge on any atom is -0.397 e. The summed E-state index contributed by atoms with van der Waals surface area (Å²) in [4.78, 5) is 4.27. The van der Waals surface area contributed by atoms with Gasteiger partial charge in [0.05, 0.1) is 16.9 Å². The van der Waals surface area contributed by atoms with Crippen molar-refractivity contribution in [3.05, 3.63) is 53.5 Å². The van der Waals surface area contributed by atoms with Gasteiger partial charge in [0.2, 0.25) is 0 Å². The summed E-state index contributed by atoms with van der Waals surface area (Å²) in [6, 6.07) is 4.44. The standard InChI is InChI=1S/C19H20F4N2/c1-10(2)13-14(20)16(25-17(15(13)24)18(3,4)5)11-7-6-8-12(9-11)19(21,22)23/h6-9H,1,24H2,2-5H3. The maximum absolute atomic E-state index is 15.0. The maximum Gasteiger partial charge on any atom is 0.416 e. The van der Waals surface area contributed by atoms with Crippen molar-refractivity contribution in [1.29, 1.82) is 0 Å². The average molecular weight is 352 g/mol. The van der Waals surface area contributed by atoms with Crippen LogP contribution < -0.4 is 5.73 Å². The second kappa shape index (κ2) is 6.17. The lowest BCUT2D eigenvalue weighted by Crippen LogP contribution is -2.19. The van der Waals surface area contributed by atoms with E-state index in [-0.39, 0.29) is 22.5 Å². The van der Waals surface area contributed by atoms with Crippen molar-refractivity contribution in [2.45, 2.75) is 39.3 Å². The molecule has 0 saturated carbocycles. The van der Waals surface area contributed by atoms with Crippen LogP contribution in [0.15, 0.2) is 30.8 Å². The fourth-order valence-corrected chi connectivity index (χ4v) is 2.60. The predicted octanol–water partition coefficient (Wildman–Crippen LogP) is 5.82.